The van der Waals surface area contributed by atoms with Gasteiger partial charge >= 0.3 is 0 Å². The Morgan fingerprint density at radius 3 is 3.05 bits per heavy atom. The predicted molar refractivity (Wildman–Crippen MR) is 73.9 cm³/mol. The molecule has 2 rings (SSSR count). The van der Waals surface area contributed by atoms with E-state index in [0.29, 0.717) is 12.5 Å². The molecule has 5 heteroatoms. The summed E-state index contributed by atoms with van der Waals surface area (Å²) >= 11 is 0. The number of aromatic nitrogens is 1. The lowest BCUT2D eigenvalue weighted by atomic mass is 9.76. The van der Waals surface area contributed by atoms with Crippen LogP contribution in [0.3, 0.4) is 0 Å². The molecule has 1 aliphatic rings. The van der Waals surface area contributed by atoms with Crippen molar-refractivity contribution in [1.82, 2.24) is 10.3 Å². The molecule has 19 heavy (non-hydrogen) atoms. The Kier molecular flexibility index (Phi) is 4.04. The van der Waals surface area contributed by atoms with Gasteiger partial charge in [-0.25, -0.2) is 0 Å². The molecule has 4 N–H and O–H groups in total. The summed E-state index contributed by atoms with van der Waals surface area (Å²) in [6.07, 6.45) is 6.94. The highest BCUT2D eigenvalue weighted by molar-refractivity contribution is 5.94. The molecule has 2 atom stereocenters. The Balaban J connectivity index is 2.17. The van der Waals surface area contributed by atoms with Crippen molar-refractivity contribution in [3.8, 4) is 0 Å². The number of amides is 1. The summed E-state index contributed by atoms with van der Waals surface area (Å²) in [6, 6.07) is 1.35. The maximum absolute atomic E-state index is 12.2. The Labute approximate surface area is 112 Å². The first-order chi connectivity index (χ1) is 9.06. The van der Waals surface area contributed by atoms with Crippen molar-refractivity contribution >= 4 is 5.91 Å². The van der Waals surface area contributed by atoms with Gasteiger partial charge in [-0.1, -0.05) is 19.8 Å². The largest absolute Gasteiger partial charge is 0.367 e. The molecular weight excluding hydrogens is 242 g/mol. The lowest BCUT2D eigenvalue weighted by Crippen LogP contribution is -2.56. The summed E-state index contributed by atoms with van der Waals surface area (Å²) in [5.41, 5.74) is 5.38. The lowest BCUT2D eigenvalue weighted by molar-refractivity contribution is 0.0852. The Bertz CT molecular complexity index is 511. The topological polar surface area (TPSA) is 88.0 Å². The number of pyridine rings is 1. The van der Waals surface area contributed by atoms with Gasteiger partial charge in [-0.15, -0.1) is 0 Å². The summed E-state index contributed by atoms with van der Waals surface area (Å²) in [5.74, 6) is 0.216. The minimum Gasteiger partial charge on any atom is -0.367 e. The number of aromatic amines is 1. The van der Waals surface area contributed by atoms with Crippen molar-refractivity contribution in [2.45, 2.75) is 38.1 Å². The fourth-order valence-corrected chi connectivity index (χ4v) is 2.91. The third-order valence-corrected chi connectivity index (χ3v) is 3.93. The van der Waals surface area contributed by atoms with E-state index in [9.17, 15) is 9.59 Å². The van der Waals surface area contributed by atoms with Crippen molar-refractivity contribution in [3.05, 3.63) is 34.2 Å². The molecule has 1 saturated carbocycles. The Morgan fingerprint density at radius 2 is 2.42 bits per heavy atom. The van der Waals surface area contributed by atoms with Gasteiger partial charge in [-0.05, 0) is 18.8 Å². The van der Waals surface area contributed by atoms with Gasteiger partial charge in [0.2, 0.25) is 0 Å². The van der Waals surface area contributed by atoms with Gasteiger partial charge in [0.05, 0.1) is 5.54 Å². The molecule has 1 aromatic heterocycles. The third kappa shape index (κ3) is 3.04. The van der Waals surface area contributed by atoms with Crippen LogP contribution in [0.15, 0.2) is 23.3 Å². The summed E-state index contributed by atoms with van der Waals surface area (Å²) in [7, 11) is 0. The third-order valence-electron chi connectivity index (χ3n) is 3.93. The summed E-state index contributed by atoms with van der Waals surface area (Å²) in [6.45, 7) is 2.58. The van der Waals surface area contributed by atoms with E-state index in [2.05, 4.69) is 17.2 Å². The molecular formula is C14H21N3O2. The van der Waals surface area contributed by atoms with Crippen molar-refractivity contribution < 1.29 is 4.79 Å². The van der Waals surface area contributed by atoms with Crippen molar-refractivity contribution in [2.24, 2.45) is 11.7 Å². The Morgan fingerprint density at radius 1 is 1.63 bits per heavy atom. The fourth-order valence-electron chi connectivity index (χ4n) is 2.91. The summed E-state index contributed by atoms with van der Waals surface area (Å²) in [4.78, 5) is 26.6. The van der Waals surface area contributed by atoms with Crippen LogP contribution in [0.1, 0.15) is 43.0 Å². The first-order valence-corrected chi connectivity index (χ1v) is 6.76. The monoisotopic (exact) mass is 263 g/mol. The molecule has 1 aliphatic carbocycles. The molecule has 0 spiro atoms. The van der Waals surface area contributed by atoms with Crippen LogP contribution in [0.25, 0.3) is 0 Å². The molecule has 1 aromatic rings. The van der Waals surface area contributed by atoms with Crippen molar-refractivity contribution in [1.29, 1.82) is 0 Å². The maximum Gasteiger partial charge on any atom is 0.257 e. The summed E-state index contributed by atoms with van der Waals surface area (Å²) < 4.78 is 0. The van der Waals surface area contributed by atoms with E-state index in [1.165, 1.54) is 24.9 Å². The molecule has 0 aromatic carbocycles. The quantitative estimate of drug-likeness (QED) is 0.760. The smallest absolute Gasteiger partial charge is 0.257 e. The highest BCUT2D eigenvalue weighted by Gasteiger charge is 2.35. The fraction of sp³-hybridized carbons (Fsp3) is 0.571. The van der Waals surface area contributed by atoms with Gasteiger partial charge in [-0.3, -0.25) is 9.59 Å². The number of nitrogens with two attached hydrogens (primary N) is 1. The van der Waals surface area contributed by atoms with Gasteiger partial charge in [0.1, 0.15) is 5.56 Å². The molecule has 0 radical (unpaired) electrons. The zero-order chi connectivity index (χ0) is 13.9. The molecule has 1 amide bonds. The average molecular weight is 263 g/mol. The number of rotatable bonds is 3. The normalized spacial score (nSPS) is 26.9. The van der Waals surface area contributed by atoms with E-state index in [0.717, 1.165) is 19.3 Å². The highest BCUT2D eigenvalue weighted by Crippen LogP contribution is 2.31. The molecule has 0 bridgehead atoms. The molecule has 2 unspecified atom stereocenters. The van der Waals surface area contributed by atoms with Crippen molar-refractivity contribution in [3.63, 3.8) is 0 Å². The summed E-state index contributed by atoms with van der Waals surface area (Å²) in [5, 5.41) is 2.99. The van der Waals surface area contributed by atoms with Crippen LogP contribution in [-0.2, 0) is 0 Å². The van der Waals surface area contributed by atoms with Gasteiger partial charge in [0.15, 0.2) is 5.43 Å². The standard InChI is InChI=1S/C14H21N3O2/c1-10-3-2-5-14(7-10,9-15)17-13(19)11-8-16-6-4-12(11)18/h4,6,8,10H,2-3,5,7,9,15H2,1H3,(H,16,18)(H,17,19). The minimum absolute atomic E-state index is 0.147. The average Bonchev–Trinajstić information content (AvgIpc) is 2.39. The van der Waals surface area contributed by atoms with Crippen LogP contribution in [0.2, 0.25) is 0 Å². The molecule has 1 heterocycles. The van der Waals surface area contributed by atoms with E-state index >= 15 is 0 Å². The zero-order valence-corrected chi connectivity index (χ0v) is 11.2. The van der Waals surface area contributed by atoms with Crippen LogP contribution >= 0.6 is 0 Å². The second-order valence-corrected chi connectivity index (χ2v) is 5.56. The van der Waals surface area contributed by atoms with E-state index in [-0.39, 0.29) is 22.4 Å². The van der Waals surface area contributed by atoms with Crippen LogP contribution < -0.4 is 16.5 Å². The van der Waals surface area contributed by atoms with Crippen molar-refractivity contribution in [2.75, 3.05) is 6.54 Å². The first-order valence-electron chi connectivity index (χ1n) is 6.76. The molecule has 104 valence electrons. The van der Waals surface area contributed by atoms with Gasteiger partial charge in [0, 0.05) is 25.0 Å². The van der Waals surface area contributed by atoms with Gasteiger partial charge in [-0.2, -0.15) is 0 Å². The molecule has 0 saturated heterocycles. The second kappa shape index (κ2) is 5.57. The van der Waals surface area contributed by atoms with E-state index < -0.39 is 0 Å². The first kappa shape index (κ1) is 13.8. The van der Waals surface area contributed by atoms with E-state index in [1.54, 1.807) is 0 Å². The van der Waals surface area contributed by atoms with Gasteiger partial charge < -0.3 is 16.0 Å². The van der Waals surface area contributed by atoms with E-state index in [1.807, 2.05) is 0 Å². The molecule has 1 fully saturated rings. The molecule has 0 aliphatic heterocycles. The van der Waals surface area contributed by atoms with Gasteiger partial charge in [0.25, 0.3) is 5.91 Å². The van der Waals surface area contributed by atoms with Crippen LogP contribution in [-0.4, -0.2) is 23.0 Å². The zero-order valence-electron chi connectivity index (χ0n) is 11.2. The number of H-pyrrole nitrogens is 1. The van der Waals surface area contributed by atoms with Crippen LogP contribution in [0, 0.1) is 5.92 Å². The van der Waals surface area contributed by atoms with Crippen LogP contribution in [0.5, 0.6) is 0 Å². The maximum atomic E-state index is 12.2. The number of nitrogens with one attached hydrogen (secondary N) is 2. The highest BCUT2D eigenvalue weighted by atomic mass is 16.2. The van der Waals surface area contributed by atoms with Crippen LogP contribution in [0.4, 0.5) is 0 Å². The Hall–Kier alpha value is -1.62. The second-order valence-electron chi connectivity index (χ2n) is 5.56. The minimum atomic E-state index is -0.364. The number of hydrogen-bond acceptors (Lipinski definition) is 3. The molecule has 5 nitrogen and oxygen atoms in total. The predicted octanol–water partition coefficient (Wildman–Crippen LogP) is 1.01. The SMILES string of the molecule is CC1CCCC(CN)(NC(=O)c2c[nH]ccc2=O)C1. The lowest BCUT2D eigenvalue weighted by Gasteiger charge is -2.39. The van der Waals surface area contributed by atoms with E-state index in [4.69, 9.17) is 5.73 Å². The number of carbonyl (C=O) groups excluding carboxylic acids is 1. The number of hydrogen-bond donors (Lipinski definition) is 3. The number of carbonyl (C=O) groups is 1.